The van der Waals surface area contributed by atoms with E-state index in [1.54, 1.807) is 12.1 Å². The molecule has 0 fully saturated rings. The van der Waals surface area contributed by atoms with Crippen molar-refractivity contribution in [2.75, 3.05) is 13.7 Å². The van der Waals surface area contributed by atoms with Gasteiger partial charge < -0.3 is 19.4 Å². The van der Waals surface area contributed by atoms with Gasteiger partial charge in [-0.3, -0.25) is 0 Å². The second-order valence-corrected chi connectivity index (χ2v) is 2.68. The van der Waals surface area contributed by atoms with Crippen molar-refractivity contribution in [2.24, 2.45) is 0 Å². The normalized spacial score (nSPS) is 8.81. The molecule has 1 aromatic carbocycles. The number of esters is 1. The largest absolute Gasteiger partial charge is 1.00 e. The van der Waals surface area contributed by atoms with Gasteiger partial charge in [0.1, 0.15) is 12.4 Å². The molecule has 0 aliphatic carbocycles. The molecule has 0 saturated heterocycles. The molecule has 5 nitrogen and oxygen atoms in total. The van der Waals surface area contributed by atoms with Crippen molar-refractivity contribution in [3.8, 4) is 5.75 Å². The summed E-state index contributed by atoms with van der Waals surface area (Å²) in [5.41, 5.74) is 0.261. The molecule has 0 atom stereocenters. The molecule has 1 rings (SSSR count). The summed E-state index contributed by atoms with van der Waals surface area (Å²) in [6, 6.07) is 6.12. The molecular weight excluding hydrogens is 223 g/mol. The zero-order valence-corrected chi connectivity index (χ0v) is 11.1. The van der Waals surface area contributed by atoms with E-state index in [4.69, 9.17) is 4.74 Å². The Balaban J connectivity index is 0.00000225. The summed E-state index contributed by atoms with van der Waals surface area (Å²) in [6.07, 6.45) is 0. The first-order valence-electron chi connectivity index (χ1n) is 4.14. The van der Waals surface area contributed by atoms with Gasteiger partial charge in [-0.15, -0.1) is 0 Å². The average Bonchev–Trinajstić information content (AvgIpc) is 2.26. The van der Waals surface area contributed by atoms with Crippen molar-refractivity contribution in [1.29, 1.82) is 0 Å². The average molecular weight is 232 g/mol. The van der Waals surface area contributed by atoms with E-state index in [2.05, 4.69) is 4.74 Å². The monoisotopic (exact) mass is 232 g/mol. The molecule has 6 heteroatoms. The summed E-state index contributed by atoms with van der Waals surface area (Å²) in [5.74, 6) is -1.54. The smallest absolute Gasteiger partial charge is 0.546 e. The molecule has 0 aliphatic heterocycles. The summed E-state index contributed by atoms with van der Waals surface area (Å²) in [4.78, 5) is 21.2. The molecular formula is C10H9NaO5. The fourth-order valence-corrected chi connectivity index (χ4v) is 0.935. The third kappa shape index (κ3) is 4.65. The second kappa shape index (κ2) is 7.27. The number of hydrogen-bond donors (Lipinski definition) is 0. The van der Waals surface area contributed by atoms with E-state index in [0.29, 0.717) is 5.75 Å². The number of ether oxygens (including phenoxy) is 2. The molecule has 0 N–H and O–H groups in total. The molecule has 0 saturated carbocycles. The predicted octanol–water partition coefficient (Wildman–Crippen LogP) is -3.39. The number of carboxylic acid groups (broad SMARTS) is 1. The van der Waals surface area contributed by atoms with Crippen molar-refractivity contribution < 1.29 is 53.7 Å². The minimum atomic E-state index is -1.43. The van der Waals surface area contributed by atoms with Crippen LogP contribution >= 0.6 is 0 Å². The van der Waals surface area contributed by atoms with E-state index in [9.17, 15) is 14.7 Å². The van der Waals surface area contributed by atoms with Gasteiger partial charge in [-0.1, -0.05) is 0 Å². The first kappa shape index (κ1) is 15.0. The topological polar surface area (TPSA) is 75.7 Å². The maximum atomic E-state index is 11.2. The van der Waals surface area contributed by atoms with Gasteiger partial charge in [0.25, 0.3) is 0 Å². The van der Waals surface area contributed by atoms with E-state index >= 15 is 0 Å². The third-order valence-electron chi connectivity index (χ3n) is 1.65. The Labute approximate surface area is 115 Å². The van der Waals surface area contributed by atoms with Crippen LogP contribution in [0.3, 0.4) is 0 Å². The summed E-state index contributed by atoms with van der Waals surface area (Å²) >= 11 is 0. The maximum absolute atomic E-state index is 11.2. The summed E-state index contributed by atoms with van der Waals surface area (Å²) in [5, 5.41) is 10.0. The van der Waals surface area contributed by atoms with Crippen LogP contribution < -0.4 is 39.4 Å². The minimum absolute atomic E-state index is 0. The molecule has 0 radical (unpaired) electrons. The van der Waals surface area contributed by atoms with E-state index in [1.807, 2.05) is 0 Å². The van der Waals surface area contributed by atoms with E-state index < -0.39 is 18.5 Å². The number of carboxylic acids is 1. The van der Waals surface area contributed by atoms with Gasteiger partial charge in [-0.2, -0.15) is 0 Å². The summed E-state index contributed by atoms with van der Waals surface area (Å²) in [6.45, 7) is -0.745. The van der Waals surface area contributed by atoms with Crippen LogP contribution in [0.5, 0.6) is 5.75 Å². The van der Waals surface area contributed by atoms with E-state index in [1.165, 1.54) is 19.2 Å². The number of rotatable bonds is 4. The Morgan fingerprint density at radius 2 is 1.81 bits per heavy atom. The first-order chi connectivity index (χ1) is 7.13. The van der Waals surface area contributed by atoms with Gasteiger partial charge in [-0.05, 0) is 24.3 Å². The molecule has 0 spiro atoms. The number of hydrogen-bond acceptors (Lipinski definition) is 5. The molecule has 0 heterocycles. The van der Waals surface area contributed by atoms with Crippen LogP contribution in [0.4, 0.5) is 0 Å². The van der Waals surface area contributed by atoms with E-state index in [0.717, 1.165) is 0 Å². The minimum Gasteiger partial charge on any atom is -0.546 e. The van der Waals surface area contributed by atoms with Crippen molar-refractivity contribution >= 4 is 11.9 Å². The number of benzene rings is 1. The van der Waals surface area contributed by atoms with Crippen LogP contribution in [-0.2, 0) is 9.53 Å². The van der Waals surface area contributed by atoms with Gasteiger partial charge in [0.05, 0.1) is 18.6 Å². The van der Waals surface area contributed by atoms with Crippen molar-refractivity contribution in [1.82, 2.24) is 0 Å². The van der Waals surface area contributed by atoms with Gasteiger partial charge in [0, 0.05) is 0 Å². The Bertz CT molecular complexity index is 360. The van der Waals surface area contributed by atoms with Gasteiger partial charge in [0.15, 0.2) is 0 Å². The molecule has 0 amide bonds. The van der Waals surface area contributed by atoms with Gasteiger partial charge in [-0.25, -0.2) is 4.79 Å². The van der Waals surface area contributed by atoms with Crippen molar-refractivity contribution in [2.45, 2.75) is 0 Å². The molecule has 16 heavy (non-hydrogen) atoms. The standard InChI is InChI=1S/C10H10O5.Na/c1-14-8-4-2-7(3-5-8)10(13)15-6-9(11)12;/h2-5H,6H2,1H3,(H,11,12);/q;+1/p-1. The van der Waals surface area contributed by atoms with Crippen LogP contribution in [0.2, 0.25) is 0 Å². The van der Waals surface area contributed by atoms with Gasteiger partial charge in [0.2, 0.25) is 0 Å². The SMILES string of the molecule is COc1ccc(C(=O)OCC(=O)[O-])cc1.[Na+]. The van der Waals surface area contributed by atoms with Crippen molar-refractivity contribution in [3.05, 3.63) is 29.8 Å². The zero-order chi connectivity index (χ0) is 11.3. The molecule has 80 valence electrons. The fourth-order valence-electron chi connectivity index (χ4n) is 0.935. The number of carbonyl (C=O) groups is 2. The van der Waals surface area contributed by atoms with Crippen LogP contribution in [0.1, 0.15) is 10.4 Å². The first-order valence-corrected chi connectivity index (χ1v) is 4.14. The molecule has 0 aliphatic rings. The number of methoxy groups -OCH3 is 1. The van der Waals surface area contributed by atoms with Crippen molar-refractivity contribution in [3.63, 3.8) is 0 Å². The van der Waals surface area contributed by atoms with Crippen LogP contribution in [-0.4, -0.2) is 25.7 Å². The van der Waals surface area contributed by atoms with Crippen LogP contribution in [0.25, 0.3) is 0 Å². The fraction of sp³-hybridized carbons (Fsp3) is 0.200. The third-order valence-corrected chi connectivity index (χ3v) is 1.65. The van der Waals surface area contributed by atoms with Crippen LogP contribution in [0.15, 0.2) is 24.3 Å². The Morgan fingerprint density at radius 3 is 2.25 bits per heavy atom. The molecule has 0 unspecified atom stereocenters. The Kier molecular flexibility index (Phi) is 6.80. The quantitative estimate of drug-likeness (QED) is 0.399. The predicted molar refractivity (Wildman–Crippen MR) is 48.3 cm³/mol. The van der Waals surface area contributed by atoms with Gasteiger partial charge >= 0.3 is 35.5 Å². The Hall–Kier alpha value is -1.04. The summed E-state index contributed by atoms with van der Waals surface area (Å²) in [7, 11) is 1.50. The van der Waals surface area contributed by atoms with Crippen LogP contribution in [0, 0.1) is 0 Å². The summed E-state index contributed by atoms with van der Waals surface area (Å²) < 4.78 is 9.31. The Morgan fingerprint density at radius 1 is 1.25 bits per heavy atom. The number of aliphatic carboxylic acids is 1. The maximum Gasteiger partial charge on any atom is 1.00 e. The van der Waals surface area contributed by atoms with E-state index in [-0.39, 0.29) is 35.1 Å². The number of carbonyl (C=O) groups excluding carboxylic acids is 2. The molecule has 0 aromatic heterocycles. The molecule has 1 aromatic rings. The molecule has 0 bridgehead atoms. The second-order valence-electron chi connectivity index (χ2n) is 2.68. The zero-order valence-electron chi connectivity index (χ0n) is 9.06.